The van der Waals surface area contributed by atoms with Crippen molar-refractivity contribution in [3.05, 3.63) is 11.3 Å². The van der Waals surface area contributed by atoms with Crippen LogP contribution in [0.25, 0.3) is 0 Å². The third-order valence-electron chi connectivity index (χ3n) is 1.67. The molecule has 0 amide bonds. The monoisotopic (exact) mass is 157 g/mol. The molecule has 1 aliphatic rings. The summed E-state index contributed by atoms with van der Waals surface area (Å²) in [4.78, 5) is 0. The molecule has 2 N–H and O–H groups in total. The molecule has 0 radical (unpaired) electrons. The number of allylic oxidation sites excluding steroid dienone is 1. The van der Waals surface area contributed by atoms with E-state index in [1.54, 1.807) is 0 Å². The molecule has 1 saturated heterocycles. The summed E-state index contributed by atoms with van der Waals surface area (Å²) in [5.41, 5.74) is 7.63. The van der Waals surface area contributed by atoms with Crippen molar-refractivity contribution in [2.45, 2.75) is 33.2 Å². The van der Waals surface area contributed by atoms with Gasteiger partial charge in [0.15, 0.2) is 12.4 Å². The molecule has 0 aromatic heterocycles. The van der Waals surface area contributed by atoms with Gasteiger partial charge in [0.1, 0.15) is 0 Å². The van der Waals surface area contributed by atoms with Gasteiger partial charge in [0.2, 0.25) is 0 Å². The predicted octanol–water partition coefficient (Wildman–Crippen LogP) is 1.00. The molecule has 0 aromatic rings. The van der Waals surface area contributed by atoms with E-state index in [2.05, 4.69) is 0 Å². The zero-order valence-electron chi connectivity index (χ0n) is 7.26. The largest absolute Gasteiger partial charge is 0.400 e. The molecule has 2 unspecified atom stereocenters. The molecule has 0 spiro atoms. The van der Waals surface area contributed by atoms with Crippen LogP contribution in [0.15, 0.2) is 11.3 Å². The van der Waals surface area contributed by atoms with Gasteiger partial charge in [0, 0.05) is 12.3 Å². The molecular formula is C8H15NO2. The van der Waals surface area contributed by atoms with Crippen LogP contribution in [0.1, 0.15) is 20.8 Å². The zero-order chi connectivity index (χ0) is 8.43. The molecule has 11 heavy (non-hydrogen) atoms. The van der Waals surface area contributed by atoms with E-state index in [9.17, 15) is 0 Å². The van der Waals surface area contributed by atoms with Gasteiger partial charge in [-0.15, -0.1) is 0 Å². The van der Waals surface area contributed by atoms with Crippen LogP contribution in [-0.4, -0.2) is 19.0 Å². The Morgan fingerprint density at radius 3 is 2.64 bits per heavy atom. The van der Waals surface area contributed by atoms with Gasteiger partial charge in [0.25, 0.3) is 0 Å². The zero-order valence-corrected chi connectivity index (χ0v) is 7.26. The number of rotatable bonds is 3. The Morgan fingerprint density at radius 1 is 1.55 bits per heavy atom. The second-order valence-electron chi connectivity index (χ2n) is 2.84. The summed E-state index contributed by atoms with van der Waals surface area (Å²) in [6.07, 6.45) is -0.0742. The fourth-order valence-corrected chi connectivity index (χ4v) is 0.895. The number of hydrogen-bond acceptors (Lipinski definition) is 3. The van der Waals surface area contributed by atoms with Crippen LogP contribution in [0.5, 0.6) is 0 Å². The average molecular weight is 157 g/mol. The summed E-state index contributed by atoms with van der Waals surface area (Å²) in [6, 6.07) is 0. The van der Waals surface area contributed by atoms with E-state index in [1.807, 2.05) is 20.8 Å². The van der Waals surface area contributed by atoms with Crippen molar-refractivity contribution in [1.82, 2.24) is 0 Å². The molecule has 2 atom stereocenters. The Kier molecular flexibility index (Phi) is 2.52. The SMILES string of the molecule is CCOC1OC1C(N)=C(C)C. The first-order valence-corrected chi connectivity index (χ1v) is 3.86. The lowest BCUT2D eigenvalue weighted by Gasteiger charge is -1.97. The Balaban J connectivity index is 2.38. The first kappa shape index (κ1) is 8.56. The molecule has 1 rings (SSSR count). The fourth-order valence-electron chi connectivity index (χ4n) is 0.895. The fraction of sp³-hybridized carbons (Fsp3) is 0.750. The van der Waals surface area contributed by atoms with Crippen LogP contribution in [0, 0.1) is 0 Å². The lowest BCUT2D eigenvalue weighted by Crippen LogP contribution is -2.11. The molecule has 64 valence electrons. The minimum absolute atomic E-state index is 0.0138. The van der Waals surface area contributed by atoms with E-state index in [0.29, 0.717) is 6.61 Å². The second-order valence-corrected chi connectivity index (χ2v) is 2.84. The van der Waals surface area contributed by atoms with E-state index in [0.717, 1.165) is 11.3 Å². The minimum atomic E-state index is -0.0881. The first-order valence-electron chi connectivity index (χ1n) is 3.86. The second kappa shape index (κ2) is 3.24. The lowest BCUT2D eigenvalue weighted by atomic mass is 10.2. The molecule has 1 fully saturated rings. The van der Waals surface area contributed by atoms with Gasteiger partial charge in [0.05, 0.1) is 0 Å². The van der Waals surface area contributed by atoms with E-state index in [-0.39, 0.29) is 12.4 Å². The van der Waals surface area contributed by atoms with Crippen LogP contribution in [0.2, 0.25) is 0 Å². The Hall–Kier alpha value is -0.540. The van der Waals surface area contributed by atoms with Crippen molar-refractivity contribution in [3.8, 4) is 0 Å². The van der Waals surface area contributed by atoms with Crippen molar-refractivity contribution in [3.63, 3.8) is 0 Å². The number of hydrogen-bond donors (Lipinski definition) is 1. The van der Waals surface area contributed by atoms with Crippen LogP contribution in [0.3, 0.4) is 0 Å². The normalized spacial score (nSPS) is 28.3. The summed E-state index contributed by atoms with van der Waals surface area (Å²) in [5.74, 6) is 0. The third kappa shape index (κ3) is 1.94. The van der Waals surface area contributed by atoms with Gasteiger partial charge in [-0.25, -0.2) is 0 Å². The summed E-state index contributed by atoms with van der Waals surface area (Å²) in [6.45, 7) is 6.56. The van der Waals surface area contributed by atoms with Gasteiger partial charge in [-0.05, 0) is 20.8 Å². The molecule has 1 heterocycles. The summed E-state index contributed by atoms with van der Waals surface area (Å²) in [5, 5.41) is 0. The van der Waals surface area contributed by atoms with Crippen molar-refractivity contribution in [1.29, 1.82) is 0 Å². The lowest BCUT2D eigenvalue weighted by molar-refractivity contribution is 0.0593. The molecule has 3 nitrogen and oxygen atoms in total. The number of ether oxygens (including phenoxy) is 2. The molecule has 0 bridgehead atoms. The average Bonchev–Trinajstić information content (AvgIpc) is 2.67. The van der Waals surface area contributed by atoms with Crippen molar-refractivity contribution in [2.75, 3.05) is 6.61 Å². The highest BCUT2D eigenvalue weighted by atomic mass is 16.8. The van der Waals surface area contributed by atoms with Crippen molar-refractivity contribution < 1.29 is 9.47 Å². The standard InChI is InChI=1S/C8H15NO2/c1-4-10-8-7(11-8)6(9)5(2)3/h7-8H,4,9H2,1-3H3. The quantitative estimate of drug-likeness (QED) is 0.622. The maximum Gasteiger partial charge on any atom is 0.190 e. The van der Waals surface area contributed by atoms with Crippen molar-refractivity contribution >= 4 is 0 Å². The summed E-state index contributed by atoms with van der Waals surface area (Å²) in [7, 11) is 0. The number of epoxide rings is 1. The minimum Gasteiger partial charge on any atom is -0.400 e. The van der Waals surface area contributed by atoms with Gasteiger partial charge in [-0.1, -0.05) is 5.57 Å². The third-order valence-corrected chi connectivity index (χ3v) is 1.67. The summed E-state index contributed by atoms with van der Waals surface area (Å²) >= 11 is 0. The highest BCUT2D eigenvalue weighted by Crippen LogP contribution is 2.28. The van der Waals surface area contributed by atoms with Gasteiger partial charge in [-0.3, -0.25) is 0 Å². The molecule has 0 saturated carbocycles. The Morgan fingerprint density at radius 2 is 2.18 bits per heavy atom. The maximum atomic E-state index is 5.72. The van der Waals surface area contributed by atoms with E-state index >= 15 is 0 Å². The molecule has 0 aliphatic carbocycles. The van der Waals surface area contributed by atoms with Crippen LogP contribution >= 0.6 is 0 Å². The van der Waals surface area contributed by atoms with Gasteiger partial charge in [-0.2, -0.15) is 0 Å². The number of nitrogens with two attached hydrogens (primary N) is 1. The maximum absolute atomic E-state index is 5.72. The smallest absolute Gasteiger partial charge is 0.190 e. The van der Waals surface area contributed by atoms with E-state index in [1.165, 1.54) is 0 Å². The highest BCUT2D eigenvalue weighted by molar-refractivity contribution is 5.16. The molecule has 0 aromatic carbocycles. The highest BCUT2D eigenvalue weighted by Gasteiger charge is 2.42. The predicted molar refractivity (Wildman–Crippen MR) is 42.8 cm³/mol. The van der Waals surface area contributed by atoms with Crippen LogP contribution in [0.4, 0.5) is 0 Å². The van der Waals surface area contributed by atoms with Crippen molar-refractivity contribution in [2.24, 2.45) is 5.73 Å². The van der Waals surface area contributed by atoms with Gasteiger partial charge >= 0.3 is 0 Å². The van der Waals surface area contributed by atoms with Crippen LogP contribution in [-0.2, 0) is 9.47 Å². The van der Waals surface area contributed by atoms with E-state index in [4.69, 9.17) is 15.2 Å². The Bertz CT molecular complexity index is 173. The first-order chi connectivity index (χ1) is 5.16. The molecule has 3 heteroatoms. The summed E-state index contributed by atoms with van der Waals surface area (Å²) < 4.78 is 10.4. The van der Waals surface area contributed by atoms with Crippen LogP contribution < -0.4 is 5.73 Å². The molecular weight excluding hydrogens is 142 g/mol. The Labute approximate surface area is 67.2 Å². The topological polar surface area (TPSA) is 47.8 Å². The van der Waals surface area contributed by atoms with E-state index < -0.39 is 0 Å². The van der Waals surface area contributed by atoms with Gasteiger partial charge < -0.3 is 15.2 Å². The molecule has 1 aliphatic heterocycles.